The second-order valence-corrected chi connectivity index (χ2v) is 8.10. The third-order valence-electron chi connectivity index (χ3n) is 4.79. The Labute approximate surface area is 185 Å². The van der Waals surface area contributed by atoms with Crippen LogP contribution in [-0.4, -0.2) is 17.3 Å². The van der Waals surface area contributed by atoms with Crippen LogP contribution in [0.3, 0.4) is 0 Å². The van der Waals surface area contributed by atoms with E-state index in [0.717, 1.165) is 53.6 Å². The maximum absolute atomic E-state index is 4.35. The maximum atomic E-state index is 4.35. The normalized spacial score (nSPS) is 10.8. The van der Waals surface area contributed by atoms with Crippen LogP contribution in [0.5, 0.6) is 0 Å². The third kappa shape index (κ3) is 5.53. The van der Waals surface area contributed by atoms with Crippen molar-refractivity contribution >= 4 is 54.9 Å². The summed E-state index contributed by atoms with van der Waals surface area (Å²) in [7, 11) is 0. The minimum absolute atomic E-state index is 0.863. The van der Waals surface area contributed by atoms with Gasteiger partial charge in [0.2, 0.25) is 0 Å². The zero-order chi connectivity index (χ0) is 19.8. The highest BCUT2D eigenvalue weighted by atomic mass is 32.1. The molecule has 0 bridgehead atoms. The summed E-state index contributed by atoms with van der Waals surface area (Å²) >= 11 is 13.0. The quantitative estimate of drug-likeness (QED) is 0.327. The SMILES string of the molecule is SCCc1ccc(N(c2ccc(CCS)cc2)c2ccc(CCS)cc2)cc1. The second kappa shape index (κ2) is 10.9. The van der Waals surface area contributed by atoms with E-state index in [0.29, 0.717) is 0 Å². The van der Waals surface area contributed by atoms with Gasteiger partial charge in [-0.1, -0.05) is 36.4 Å². The van der Waals surface area contributed by atoms with Crippen molar-refractivity contribution in [2.75, 3.05) is 22.2 Å². The number of hydrogen-bond donors (Lipinski definition) is 3. The predicted octanol–water partition coefficient (Wildman–Crippen LogP) is 6.57. The van der Waals surface area contributed by atoms with E-state index in [1.54, 1.807) is 0 Å². The van der Waals surface area contributed by atoms with Crippen molar-refractivity contribution in [2.45, 2.75) is 19.3 Å². The third-order valence-corrected chi connectivity index (χ3v) is 5.46. The molecular weight excluding hydrogens is 398 g/mol. The van der Waals surface area contributed by atoms with Crippen LogP contribution in [0.15, 0.2) is 72.8 Å². The lowest BCUT2D eigenvalue weighted by Gasteiger charge is -2.26. The molecule has 0 aliphatic rings. The summed E-state index contributed by atoms with van der Waals surface area (Å²) in [5, 5.41) is 0. The fraction of sp³-hybridized carbons (Fsp3) is 0.250. The number of aryl methyl sites for hydroxylation is 3. The number of hydrogen-bond acceptors (Lipinski definition) is 4. The van der Waals surface area contributed by atoms with Gasteiger partial charge in [-0.3, -0.25) is 0 Å². The van der Waals surface area contributed by atoms with E-state index in [-0.39, 0.29) is 0 Å². The zero-order valence-electron chi connectivity index (χ0n) is 16.0. The molecule has 0 atom stereocenters. The Bertz CT molecular complexity index is 725. The first-order chi connectivity index (χ1) is 13.7. The number of anilines is 3. The first-order valence-corrected chi connectivity index (χ1v) is 11.5. The number of thiol groups is 3. The molecule has 3 aromatic carbocycles. The van der Waals surface area contributed by atoms with Gasteiger partial charge in [-0.2, -0.15) is 37.9 Å². The summed E-state index contributed by atoms with van der Waals surface area (Å²) in [5.74, 6) is 2.59. The van der Waals surface area contributed by atoms with E-state index in [4.69, 9.17) is 0 Å². The van der Waals surface area contributed by atoms with E-state index in [2.05, 4.69) is 116 Å². The Balaban J connectivity index is 1.97. The lowest BCUT2D eigenvalue weighted by atomic mass is 10.1. The van der Waals surface area contributed by atoms with Gasteiger partial charge in [-0.25, -0.2) is 0 Å². The lowest BCUT2D eigenvalue weighted by Crippen LogP contribution is -2.10. The van der Waals surface area contributed by atoms with Crippen LogP contribution in [0.2, 0.25) is 0 Å². The van der Waals surface area contributed by atoms with Crippen molar-refractivity contribution in [3.63, 3.8) is 0 Å². The standard InChI is InChI=1S/C24H27NS3/c26-16-13-19-1-7-22(8-2-19)25(23-9-3-20(4-10-23)14-17-27)24-11-5-21(6-12-24)15-18-28/h1-12,26-28H,13-18H2. The van der Waals surface area contributed by atoms with Crippen LogP contribution in [0.25, 0.3) is 0 Å². The molecule has 0 radical (unpaired) electrons. The largest absolute Gasteiger partial charge is 0.311 e. The van der Waals surface area contributed by atoms with E-state index in [9.17, 15) is 0 Å². The molecule has 0 saturated carbocycles. The minimum atomic E-state index is 0.863. The molecule has 1 nitrogen and oxygen atoms in total. The van der Waals surface area contributed by atoms with Gasteiger partial charge < -0.3 is 4.90 Å². The monoisotopic (exact) mass is 425 g/mol. The van der Waals surface area contributed by atoms with Gasteiger partial charge in [-0.05, 0) is 89.6 Å². The van der Waals surface area contributed by atoms with E-state index < -0.39 is 0 Å². The van der Waals surface area contributed by atoms with Crippen LogP contribution in [0.4, 0.5) is 17.1 Å². The lowest BCUT2D eigenvalue weighted by molar-refractivity contribution is 1.14. The average Bonchev–Trinajstić information content (AvgIpc) is 2.73. The van der Waals surface area contributed by atoms with Gasteiger partial charge >= 0.3 is 0 Å². The van der Waals surface area contributed by atoms with Crippen LogP contribution < -0.4 is 4.90 Å². The van der Waals surface area contributed by atoms with Crippen molar-refractivity contribution in [2.24, 2.45) is 0 Å². The molecule has 3 rings (SSSR count). The molecule has 3 aromatic rings. The Kier molecular flexibility index (Phi) is 8.26. The van der Waals surface area contributed by atoms with Crippen molar-refractivity contribution in [1.82, 2.24) is 0 Å². The Morgan fingerprint density at radius 1 is 0.429 bits per heavy atom. The van der Waals surface area contributed by atoms with Gasteiger partial charge in [0.1, 0.15) is 0 Å². The molecule has 0 aliphatic carbocycles. The highest BCUT2D eigenvalue weighted by Gasteiger charge is 2.12. The summed E-state index contributed by atoms with van der Waals surface area (Å²) in [5.41, 5.74) is 7.41. The molecule has 0 fully saturated rings. The van der Waals surface area contributed by atoms with E-state index >= 15 is 0 Å². The first kappa shape index (κ1) is 21.2. The minimum Gasteiger partial charge on any atom is -0.311 e. The number of benzene rings is 3. The molecule has 0 unspecified atom stereocenters. The molecular formula is C24H27NS3. The van der Waals surface area contributed by atoms with Crippen LogP contribution >= 0.6 is 37.9 Å². The number of nitrogens with zero attached hydrogens (tertiary/aromatic N) is 1. The molecule has 0 saturated heterocycles. The fourth-order valence-electron chi connectivity index (χ4n) is 3.27. The first-order valence-electron chi connectivity index (χ1n) is 9.64. The zero-order valence-corrected chi connectivity index (χ0v) is 18.6. The molecule has 0 N–H and O–H groups in total. The summed E-state index contributed by atoms with van der Waals surface area (Å²) < 4.78 is 0. The molecule has 0 heterocycles. The van der Waals surface area contributed by atoms with Gasteiger partial charge in [0.25, 0.3) is 0 Å². The molecule has 4 heteroatoms. The Morgan fingerprint density at radius 3 is 0.893 bits per heavy atom. The van der Waals surface area contributed by atoms with Crippen LogP contribution in [-0.2, 0) is 19.3 Å². The Hall–Kier alpha value is -1.49. The average molecular weight is 426 g/mol. The summed E-state index contributed by atoms with van der Waals surface area (Å²) in [4.78, 5) is 2.30. The number of rotatable bonds is 9. The Morgan fingerprint density at radius 2 is 0.679 bits per heavy atom. The summed E-state index contributed by atoms with van der Waals surface area (Å²) in [6, 6.07) is 26.4. The molecule has 146 valence electrons. The van der Waals surface area contributed by atoms with Gasteiger partial charge in [0, 0.05) is 17.1 Å². The topological polar surface area (TPSA) is 3.24 Å². The smallest absolute Gasteiger partial charge is 0.0461 e. The van der Waals surface area contributed by atoms with Crippen LogP contribution in [0.1, 0.15) is 16.7 Å². The van der Waals surface area contributed by atoms with Crippen molar-refractivity contribution in [1.29, 1.82) is 0 Å². The van der Waals surface area contributed by atoms with Crippen molar-refractivity contribution in [3.8, 4) is 0 Å². The second-order valence-electron chi connectivity index (χ2n) is 6.76. The summed E-state index contributed by atoms with van der Waals surface area (Å²) in [6.45, 7) is 0. The van der Waals surface area contributed by atoms with Gasteiger partial charge in [0.05, 0.1) is 0 Å². The molecule has 28 heavy (non-hydrogen) atoms. The molecule has 0 amide bonds. The fourth-order valence-corrected chi connectivity index (χ4v) is 4.04. The van der Waals surface area contributed by atoms with E-state index in [1.807, 2.05) is 0 Å². The van der Waals surface area contributed by atoms with Crippen molar-refractivity contribution in [3.05, 3.63) is 89.5 Å². The summed E-state index contributed by atoms with van der Waals surface area (Å²) in [6.07, 6.45) is 2.96. The van der Waals surface area contributed by atoms with Crippen LogP contribution in [0, 0.1) is 0 Å². The maximum Gasteiger partial charge on any atom is 0.0461 e. The van der Waals surface area contributed by atoms with Gasteiger partial charge in [0.15, 0.2) is 0 Å². The van der Waals surface area contributed by atoms with Gasteiger partial charge in [-0.15, -0.1) is 0 Å². The highest BCUT2D eigenvalue weighted by molar-refractivity contribution is 7.80. The highest BCUT2D eigenvalue weighted by Crippen LogP contribution is 2.35. The molecule has 0 aliphatic heterocycles. The molecule has 0 spiro atoms. The van der Waals surface area contributed by atoms with E-state index in [1.165, 1.54) is 16.7 Å². The van der Waals surface area contributed by atoms with Crippen molar-refractivity contribution < 1.29 is 0 Å². The molecule has 0 aromatic heterocycles. The predicted molar refractivity (Wildman–Crippen MR) is 134 cm³/mol.